The molecule has 3 aromatic heterocycles. The molecule has 1 aliphatic rings. The third kappa shape index (κ3) is 6.06. The fraction of sp³-hybridized carbons (Fsp3) is 0.393. The minimum atomic E-state index is -0.926. The molecule has 12 heteroatoms. The van der Waals surface area contributed by atoms with E-state index in [9.17, 15) is 9.18 Å². The molecule has 4 aromatic rings. The predicted octanol–water partition coefficient (Wildman–Crippen LogP) is 5.83. The maximum Gasteiger partial charge on any atom is 0.279 e. The van der Waals surface area contributed by atoms with Crippen LogP contribution in [0.4, 0.5) is 16.2 Å². The van der Waals surface area contributed by atoms with Gasteiger partial charge in [-0.05, 0) is 77.0 Å². The average Bonchev–Trinajstić information content (AvgIpc) is 2.92. The van der Waals surface area contributed by atoms with Crippen molar-refractivity contribution < 1.29 is 4.39 Å². The van der Waals surface area contributed by atoms with Gasteiger partial charge in [0.1, 0.15) is 23.2 Å². The van der Waals surface area contributed by atoms with Crippen LogP contribution in [-0.4, -0.2) is 61.8 Å². The molecule has 0 spiro atoms. The molecular formula is C28H32ClFN8OS. The van der Waals surface area contributed by atoms with Crippen LogP contribution in [0.5, 0.6) is 0 Å². The lowest BCUT2D eigenvalue weighted by Gasteiger charge is -2.35. The molecule has 0 aliphatic heterocycles. The summed E-state index contributed by atoms with van der Waals surface area (Å²) in [5, 5.41) is 3.93. The second-order valence-corrected chi connectivity index (χ2v) is 11.7. The molecule has 0 radical (unpaired) electrons. The van der Waals surface area contributed by atoms with Crippen LogP contribution in [0.15, 0.2) is 58.5 Å². The minimum Gasteiger partial charge on any atom is -0.351 e. The fourth-order valence-electron chi connectivity index (χ4n) is 4.96. The largest absolute Gasteiger partial charge is 0.351 e. The van der Waals surface area contributed by atoms with Crippen molar-refractivity contribution in [3.8, 4) is 11.3 Å². The first-order valence-corrected chi connectivity index (χ1v) is 14.4. The minimum absolute atomic E-state index is 0.0789. The van der Waals surface area contributed by atoms with E-state index in [1.165, 1.54) is 11.9 Å². The number of hydrogen-bond acceptors (Lipinski definition) is 9. The molecule has 1 fully saturated rings. The normalized spacial score (nSPS) is 19.4. The Kier molecular flexibility index (Phi) is 8.53. The van der Waals surface area contributed by atoms with E-state index >= 15 is 0 Å². The zero-order valence-corrected chi connectivity index (χ0v) is 24.4. The van der Waals surface area contributed by atoms with Crippen LogP contribution in [0.3, 0.4) is 0 Å². The maximum atomic E-state index is 14.7. The van der Waals surface area contributed by atoms with Crippen LogP contribution in [0.1, 0.15) is 39.2 Å². The Labute approximate surface area is 241 Å². The molecule has 3 heterocycles. The topological polar surface area (TPSA) is 101 Å². The van der Waals surface area contributed by atoms with Crippen molar-refractivity contribution in [1.82, 2.24) is 29.4 Å². The summed E-state index contributed by atoms with van der Waals surface area (Å²) >= 11 is 7.58. The molecule has 5 rings (SSSR count). The van der Waals surface area contributed by atoms with Crippen LogP contribution in [0.2, 0.25) is 5.02 Å². The number of nitrogens with zero attached hydrogens (tertiary/aromatic N) is 6. The lowest BCUT2D eigenvalue weighted by atomic mass is 9.89. The zero-order chi connectivity index (χ0) is 28.4. The van der Waals surface area contributed by atoms with Gasteiger partial charge in [0, 0.05) is 41.2 Å². The predicted molar refractivity (Wildman–Crippen MR) is 160 cm³/mol. The molecule has 2 N–H and O–H groups in total. The third-order valence-electron chi connectivity index (χ3n) is 7.02. The van der Waals surface area contributed by atoms with Gasteiger partial charge in [0.2, 0.25) is 5.95 Å². The number of fused-ring (bicyclic) bond motifs is 1. The summed E-state index contributed by atoms with van der Waals surface area (Å²) < 4.78 is 19.5. The Morgan fingerprint density at radius 3 is 2.58 bits per heavy atom. The molecule has 210 valence electrons. The van der Waals surface area contributed by atoms with Crippen molar-refractivity contribution in [2.75, 3.05) is 24.1 Å². The number of alkyl halides is 1. The molecule has 1 aromatic carbocycles. The number of halogens is 2. The summed E-state index contributed by atoms with van der Waals surface area (Å²) in [4.78, 5) is 34.6. The first kappa shape index (κ1) is 28.3. The Balaban J connectivity index is 1.38. The monoisotopic (exact) mass is 582 g/mol. The smallest absolute Gasteiger partial charge is 0.279 e. The molecule has 3 unspecified atom stereocenters. The standard InChI is InChI=1S/C28H32ClFN8OS/c1-16(2)38-26-21(15-32-28(35-26)33-18-10-11-22(37(3)4)20(30)13-18)34-25(27(38)39)17-9-12-24(31-14-17)36-40-23-8-6-5-7-19(23)29/h5-9,12,14-16,18,20,22H,10-11,13H2,1-4H3,(H,31,36)(H,32,33,35). The Morgan fingerprint density at radius 2 is 1.90 bits per heavy atom. The highest BCUT2D eigenvalue weighted by Crippen LogP contribution is 2.29. The SMILES string of the molecule is CC(C)n1c(=O)c(-c2ccc(NSc3ccccc3Cl)nc2)nc2cnc(NC3CCC(N(C)C)C(F)C3)nc21. The average molecular weight is 583 g/mol. The second kappa shape index (κ2) is 12.1. The van der Waals surface area contributed by atoms with E-state index < -0.39 is 6.17 Å². The number of aromatic nitrogens is 5. The van der Waals surface area contributed by atoms with Crippen LogP contribution < -0.4 is 15.6 Å². The summed E-state index contributed by atoms with van der Waals surface area (Å²) in [7, 11) is 3.82. The summed E-state index contributed by atoms with van der Waals surface area (Å²) in [6.45, 7) is 3.85. The van der Waals surface area contributed by atoms with E-state index in [-0.39, 0.29) is 29.4 Å². The zero-order valence-electron chi connectivity index (χ0n) is 22.8. The van der Waals surface area contributed by atoms with Gasteiger partial charge in [0.15, 0.2) is 5.65 Å². The van der Waals surface area contributed by atoms with Crippen molar-refractivity contribution in [1.29, 1.82) is 0 Å². The molecule has 40 heavy (non-hydrogen) atoms. The van der Waals surface area contributed by atoms with E-state index in [4.69, 9.17) is 11.6 Å². The summed E-state index contributed by atoms with van der Waals surface area (Å²) in [5.74, 6) is 0.984. The van der Waals surface area contributed by atoms with Crippen molar-refractivity contribution in [2.24, 2.45) is 0 Å². The number of benzene rings is 1. The van der Waals surface area contributed by atoms with E-state index in [2.05, 4.69) is 30.0 Å². The van der Waals surface area contributed by atoms with E-state index in [1.54, 1.807) is 29.1 Å². The highest BCUT2D eigenvalue weighted by molar-refractivity contribution is 8.00. The van der Waals surface area contributed by atoms with Gasteiger partial charge in [-0.1, -0.05) is 23.7 Å². The number of pyridine rings is 1. The lowest BCUT2D eigenvalue weighted by Crippen LogP contribution is -2.44. The lowest BCUT2D eigenvalue weighted by molar-refractivity contribution is 0.109. The van der Waals surface area contributed by atoms with Gasteiger partial charge in [-0.25, -0.2) is 19.3 Å². The van der Waals surface area contributed by atoms with Gasteiger partial charge in [-0.2, -0.15) is 4.98 Å². The van der Waals surface area contributed by atoms with Gasteiger partial charge in [-0.15, -0.1) is 0 Å². The third-order valence-corrected chi connectivity index (χ3v) is 8.35. The highest BCUT2D eigenvalue weighted by atomic mass is 35.5. The van der Waals surface area contributed by atoms with Gasteiger partial charge in [-0.3, -0.25) is 9.36 Å². The first-order chi connectivity index (χ1) is 19.2. The van der Waals surface area contributed by atoms with Crippen molar-refractivity contribution >= 4 is 46.5 Å². The molecule has 1 aliphatic carbocycles. The van der Waals surface area contributed by atoms with Crippen LogP contribution in [0.25, 0.3) is 22.4 Å². The fourth-order valence-corrected chi connectivity index (χ4v) is 5.86. The van der Waals surface area contributed by atoms with E-state index in [0.717, 1.165) is 17.7 Å². The Hall–Kier alpha value is -3.28. The van der Waals surface area contributed by atoms with Gasteiger partial charge in [0.25, 0.3) is 5.56 Å². The number of nitrogens with one attached hydrogen (secondary N) is 2. The quantitative estimate of drug-likeness (QED) is 0.248. The Morgan fingerprint density at radius 1 is 1.10 bits per heavy atom. The van der Waals surface area contributed by atoms with Crippen molar-refractivity contribution in [3.05, 3.63) is 64.2 Å². The maximum absolute atomic E-state index is 14.7. The van der Waals surface area contributed by atoms with Crippen LogP contribution >= 0.6 is 23.5 Å². The number of hydrogen-bond donors (Lipinski definition) is 2. The number of rotatable bonds is 8. The van der Waals surface area contributed by atoms with Crippen LogP contribution in [-0.2, 0) is 0 Å². The van der Waals surface area contributed by atoms with Crippen molar-refractivity contribution in [3.63, 3.8) is 0 Å². The molecule has 0 amide bonds. The van der Waals surface area contributed by atoms with Gasteiger partial charge >= 0.3 is 0 Å². The highest BCUT2D eigenvalue weighted by Gasteiger charge is 2.32. The van der Waals surface area contributed by atoms with Gasteiger partial charge < -0.3 is 14.9 Å². The summed E-state index contributed by atoms with van der Waals surface area (Å²) in [6.07, 6.45) is 4.24. The molecule has 3 atom stereocenters. The second-order valence-electron chi connectivity index (χ2n) is 10.4. The first-order valence-electron chi connectivity index (χ1n) is 13.2. The molecule has 0 bridgehead atoms. The summed E-state index contributed by atoms with van der Waals surface area (Å²) in [6, 6.07) is 10.8. The van der Waals surface area contributed by atoms with Crippen molar-refractivity contribution in [2.45, 2.75) is 62.3 Å². The Bertz CT molecular complexity index is 1550. The molecule has 0 saturated heterocycles. The van der Waals surface area contributed by atoms with Gasteiger partial charge in [0.05, 0.1) is 11.2 Å². The van der Waals surface area contributed by atoms with E-state index in [1.807, 2.05) is 57.1 Å². The molecular weight excluding hydrogens is 551 g/mol. The molecule has 1 saturated carbocycles. The number of anilines is 2. The molecule has 9 nitrogen and oxygen atoms in total. The van der Waals surface area contributed by atoms with Crippen LogP contribution in [0, 0.1) is 0 Å². The van der Waals surface area contributed by atoms with E-state index in [0.29, 0.717) is 39.9 Å². The summed E-state index contributed by atoms with van der Waals surface area (Å²) in [5.41, 5.74) is 1.51.